The molecule has 1 aromatic rings. The average Bonchev–Trinajstić information content (AvgIpc) is 1.86. The molecule has 0 N–H and O–H groups in total. The lowest BCUT2D eigenvalue weighted by molar-refractivity contribution is 1.17. The number of rotatable bonds is 0. The van der Waals surface area contributed by atoms with E-state index < -0.39 is 3.79 Å². The lowest BCUT2D eigenvalue weighted by Gasteiger charge is -2.11. The Balaban J connectivity index is 3.14. The normalized spacial score (nSPS) is 11.6. The fourth-order valence-electron chi connectivity index (χ4n) is 0.586. The zero-order valence-electron chi connectivity index (χ0n) is 5.19. The standard InChI is InChI=1S/C6H3Cl4N/c7-5-1-2-11-3-4(5)6(8,9)10/h1-3H. The highest BCUT2D eigenvalue weighted by Crippen LogP contribution is 2.40. The van der Waals surface area contributed by atoms with Gasteiger partial charge in [-0.15, -0.1) is 0 Å². The Morgan fingerprint density at radius 2 is 1.91 bits per heavy atom. The van der Waals surface area contributed by atoms with E-state index in [2.05, 4.69) is 4.98 Å². The highest BCUT2D eigenvalue weighted by Gasteiger charge is 2.25. The van der Waals surface area contributed by atoms with Crippen molar-refractivity contribution >= 4 is 46.4 Å². The first-order chi connectivity index (χ1) is 5.02. The molecule has 1 nitrogen and oxygen atoms in total. The molecule has 0 saturated heterocycles. The van der Waals surface area contributed by atoms with Gasteiger partial charge in [-0.1, -0.05) is 46.4 Å². The van der Waals surface area contributed by atoms with Crippen molar-refractivity contribution in [3.63, 3.8) is 0 Å². The molecule has 1 aromatic heterocycles. The van der Waals surface area contributed by atoms with E-state index in [1.165, 1.54) is 12.4 Å². The molecule has 60 valence electrons. The van der Waals surface area contributed by atoms with E-state index >= 15 is 0 Å². The topological polar surface area (TPSA) is 12.9 Å². The number of pyridine rings is 1. The van der Waals surface area contributed by atoms with E-state index in [4.69, 9.17) is 46.4 Å². The minimum atomic E-state index is -1.49. The minimum Gasteiger partial charge on any atom is -0.264 e. The molecule has 0 aliphatic heterocycles. The second-order valence-electron chi connectivity index (χ2n) is 1.85. The first-order valence-electron chi connectivity index (χ1n) is 2.68. The summed E-state index contributed by atoms with van der Waals surface area (Å²) >= 11 is 22.4. The molecule has 0 fully saturated rings. The van der Waals surface area contributed by atoms with E-state index in [1.54, 1.807) is 6.07 Å². The van der Waals surface area contributed by atoms with Crippen LogP contribution in [0.1, 0.15) is 5.56 Å². The van der Waals surface area contributed by atoms with Crippen molar-refractivity contribution in [2.75, 3.05) is 0 Å². The molecule has 0 bridgehead atoms. The van der Waals surface area contributed by atoms with Gasteiger partial charge in [0, 0.05) is 18.0 Å². The molecule has 0 saturated carbocycles. The predicted molar refractivity (Wildman–Crippen MR) is 48.5 cm³/mol. The van der Waals surface area contributed by atoms with Crippen LogP contribution in [0.25, 0.3) is 0 Å². The van der Waals surface area contributed by atoms with Crippen LogP contribution in [0.2, 0.25) is 5.02 Å². The minimum absolute atomic E-state index is 0.395. The summed E-state index contributed by atoms with van der Waals surface area (Å²) in [6, 6.07) is 1.57. The first-order valence-corrected chi connectivity index (χ1v) is 4.19. The largest absolute Gasteiger partial charge is 0.264 e. The van der Waals surface area contributed by atoms with Gasteiger partial charge < -0.3 is 0 Å². The monoisotopic (exact) mass is 229 g/mol. The molecule has 0 atom stereocenters. The van der Waals surface area contributed by atoms with Gasteiger partial charge in [0.15, 0.2) is 0 Å². The number of hydrogen-bond donors (Lipinski definition) is 0. The van der Waals surface area contributed by atoms with E-state index in [0.29, 0.717) is 10.6 Å². The van der Waals surface area contributed by atoms with Crippen molar-refractivity contribution in [1.29, 1.82) is 0 Å². The van der Waals surface area contributed by atoms with Gasteiger partial charge >= 0.3 is 0 Å². The smallest absolute Gasteiger partial charge is 0.218 e. The molecule has 0 aliphatic carbocycles. The number of halogens is 4. The maximum absolute atomic E-state index is 5.72. The molecule has 0 aromatic carbocycles. The van der Waals surface area contributed by atoms with Gasteiger partial charge in [0.1, 0.15) is 0 Å². The van der Waals surface area contributed by atoms with Gasteiger partial charge in [-0.2, -0.15) is 0 Å². The van der Waals surface area contributed by atoms with Crippen LogP contribution in [0.15, 0.2) is 18.5 Å². The third kappa shape index (κ3) is 2.38. The van der Waals surface area contributed by atoms with Crippen molar-refractivity contribution in [2.24, 2.45) is 0 Å². The van der Waals surface area contributed by atoms with Gasteiger partial charge in [0.05, 0.1) is 5.02 Å². The fourth-order valence-corrected chi connectivity index (χ4v) is 1.43. The van der Waals surface area contributed by atoms with Crippen molar-refractivity contribution in [2.45, 2.75) is 3.79 Å². The SMILES string of the molecule is Clc1ccncc1C(Cl)(Cl)Cl. The van der Waals surface area contributed by atoms with Crippen molar-refractivity contribution in [3.05, 3.63) is 29.0 Å². The van der Waals surface area contributed by atoms with Crippen molar-refractivity contribution in [1.82, 2.24) is 4.98 Å². The fraction of sp³-hybridized carbons (Fsp3) is 0.167. The Bertz CT molecular complexity index is 255. The van der Waals surface area contributed by atoms with Gasteiger partial charge in [0.2, 0.25) is 3.79 Å². The van der Waals surface area contributed by atoms with Crippen molar-refractivity contribution in [3.8, 4) is 0 Å². The highest BCUT2D eigenvalue weighted by atomic mass is 35.6. The zero-order chi connectivity index (χ0) is 8.48. The molecule has 1 rings (SSSR count). The second kappa shape index (κ2) is 3.36. The summed E-state index contributed by atoms with van der Waals surface area (Å²) in [6.07, 6.45) is 2.96. The Morgan fingerprint density at radius 1 is 1.27 bits per heavy atom. The summed E-state index contributed by atoms with van der Waals surface area (Å²) in [4.78, 5) is 3.77. The third-order valence-corrected chi connectivity index (χ3v) is 2.01. The summed E-state index contributed by atoms with van der Waals surface area (Å²) in [5.41, 5.74) is 0.395. The molecule has 5 heteroatoms. The van der Waals surface area contributed by atoms with E-state index in [-0.39, 0.29) is 0 Å². The second-order valence-corrected chi connectivity index (χ2v) is 4.54. The maximum atomic E-state index is 5.72. The van der Waals surface area contributed by atoms with Gasteiger partial charge in [-0.05, 0) is 6.07 Å². The van der Waals surface area contributed by atoms with E-state index in [9.17, 15) is 0 Å². The Kier molecular flexibility index (Phi) is 2.87. The summed E-state index contributed by atoms with van der Waals surface area (Å²) < 4.78 is -1.49. The molecule has 0 spiro atoms. The Hall–Kier alpha value is 0.310. The number of alkyl halides is 3. The maximum Gasteiger partial charge on any atom is 0.218 e. The lowest BCUT2D eigenvalue weighted by atomic mass is 10.3. The summed E-state index contributed by atoms with van der Waals surface area (Å²) in [7, 11) is 0. The molecule has 11 heavy (non-hydrogen) atoms. The third-order valence-electron chi connectivity index (χ3n) is 1.07. The van der Waals surface area contributed by atoms with Crippen LogP contribution in [0.3, 0.4) is 0 Å². The van der Waals surface area contributed by atoms with Crippen LogP contribution in [0.5, 0.6) is 0 Å². The Labute approximate surface area is 84.2 Å². The van der Waals surface area contributed by atoms with Gasteiger partial charge in [-0.25, -0.2) is 0 Å². The van der Waals surface area contributed by atoms with E-state index in [0.717, 1.165) is 0 Å². The van der Waals surface area contributed by atoms with Gasteiger partial charge in [-0.3, -0.25) is 4.98 Å². The molecule has 0 unspecified atom stereocenters. The summed E-state index contributed by atoms with van der Waals surface area (Å²) in [5.74, 6) is 0. The predicted octanol–water partition coefficient (Wildman–Crippen LogP) is 3.56. The van der Waals surface area contributed by atoms with Crippen LogP contribution in [0.4, 0.5) is 0 Å². The van der Waals surface area contributed by atoms with Crippen LogP contribution < -0.4 is 0 Å². The van der Waals surface area contributed by atoms with Crippen LogP contribution in [-0.4, -0.2) is 4.98 Å². The molecule has 0 radical (unpaired) electrons. The lowest BCUT2D eigenvalue weighted by Crippen LogP contribution is -2.01. The zero-order valence-corrected chi connectivity index (χ0v) is 8.21. The number of hydrogen-bond acceptors (Lipinski definition) is 1. The Morgan fingerprint density at radius 3 is 2.27 bits per heavy atom. The quantitative estimate of drug-likeness (QED) is 0.622. The van der Waals surface area contributed by atoms with Crippen molar-refractivity contribution < 1.29 is 0 Å². The molecular weight excluding hydrogens is 228 g/mol. The molecule has 0 amide bonds. The number of nitrogens with zero attached hydrogens (tertiary/aromatic N) is 1. The first kappa shape index (κ1) is 9.40. The highest BCUT2D eigenvalue weighted by molar-refractivity contribution is 6.67. The summed E-state index contributed by atoms with van der Waals surface area (Å²) in [5, 5.41) is 0.403. The molecule has 1 heterocycles. The summed E-state index contributed by atoms with van der Waals surface area (Å²) in [6.45, 7) is 0. The van der Waals surface area contributed by atoms with Crippen LogP contribution in [0, 0.1) is 0 Å². The number of aromatic nitrogens is 1. The molecular formula is C6H3Cl4N. The molecule has 0 aliphatic rings. The average molecular weight is 231 g/mol. The van der Waals surface area contributed by atoms with Crippen LogP contribution in [-0.2, 0) is 3.79 Å². The van der Waals surface area contributed by atoms with Crippen LogP contribution >= 0.6 is 46.4 Å². The van der Waals surface area contributed by atoms with E-state index in [1.807, 2.05) is 0 Å². The van der Waals surface area contributed by atoms with Gasteiger partial charge in [0.25, 0.3) is 0 Å².